The van der Waals surface area contributed by atoms with Crippen LogP contribution in [0.3, 0.4) is 0 Å². The van der Waals surface area contributed by atoms with Crippen LogP contribution in [0.2, 0.25) is 0 Å². The van der Waals surface area contributed by atoms with Crippen LogP contribution in [0.25, 0.3) is 5.70 Å². The van der Waals surface area contributed by atoms with Crippen molar-refractivity contribution in [3.8, 4) is 5.88 Å². The highest BCUT2D eigenvalue weighted by atomic mass is 35.5. The van der Waals surface area contributed by atoms with Crippen molar-refractivity contribution in [3.63, 3.8) is 0 Å². The molecular weight excluding hydrogens is 348 g/mol. The first-order valence-corrected chi connectivity index (χ1v) is 9.28. The molecule has 0 aromatic carbocycles. The number of rotatable bonds is 11. The van der Waals surface area contributed by atoms with Crippen molar-refractivity contribution >= 4 is 17.3 Å². The minimum Gasteiger partial charge on any atom is -0.497 e. The van der Waals surface area contributed by atoms with Gasteiger partial charge < -0.3 is 9.47 Å². The van der Waals surface area contributed by atoms with Crippen LogP contribution in [0.15, 0.2) is 65.6 Å². The van der Waals surface area contributed by atoms with E-state index in [4.69, 9.17) is 21.1 Å². The fraction of sp³-hybridized carbons (Fsp3) is 0.381. The van der Waals surface area contributed by atoms with Crippen molar-refractivity contribution in [2.75, 3.05) is 13.7 Å². The van der Waals surface area contributed by atoms with Crippen LogP contribution in [-0.4, -0.2) is 23.5 Å². The number of ether oxygens (including phenoxy) is 2. The molecule has 0 amide bonds. The molecule has 0 aliphatic rings. The van der Waals surface area contributed by atoms with Crippen LogP contribution in [-0.2, 0) is 4.74 Å². The minimum absolute atomic E-state index is 0.401. The summed E-state index contributed by atoms with van der Waals surface area (Å²) in [4.78, 5) is 0. The molecule has 0 aliphatic heterocycles. The number of aromatic nitrogens is 2. The molecule has 0 spiro atoms. The van der Waals surface area contributed by atoms with Crippen molar-refractivity contribution in [3.05, 3.63) is 65.6 Å². The van der Waals surface area contributed by atoms with Crippen LogP contribution >= 0.6 is 11.6 Å². The van der Waals surface area contributed by atoms with E-state index >= 15 is 0 Å². The molecule has 26 heavy (non-hydrogen) atoms. The molecule has 0 saturated heterocycles. The van der Waals surface area contributed by atoms with Gasteiger partial charge in [-0.15, -0.1) is 5.10 Å². The first kappa shape index (κ1) is 21.8. The number of hydrogen-bond donors (Lipinski definition) is 0. The van der Waals surface area contributed by atoms with Gasteiger partial charge in [-0.2, -0.15) is 0 Å². The molecule has 1 aromatic heterocycles. The Kier molecular flexibility index (Phi) is 10.3. The van der Waals surface area contributed by atoms with Crippen molar-refractivity contribution in [2.45, 2.75) is 40.0 Å². The van der Waals surface area contributed by atoms with Crippen molar-refractivity contribution in [1.29, 1.82) is 0 Å². The second-order valence-corrected chi connectivity index (χ2v) is 5.96. The molecule has 0 atom stereocenters. The van der Waals surface area contributed by atoms with E-state index in [0.29, 0.717) is 23.2 Å². The normalized spacial score (nSPS) is 13.3. The summed E-state index contributed by atoms with van der Waals surface area (Å²) in [5.41, 5.74) is 1.72. The van der Waals surface area contributed by atoms with Gasteiger partial charge in [-0.1, -0.05) is 51.1 Å². The molecule has 0 aliphatic carbocycles. The van der Waals surface area contributed by atoms with Gasteiger partial charge in [0.15, 0.2) is 0 Å². The number of hydrogen-bond acceptors (Lipinski definition) is 3. The maximum absolute atomic E-state index is 6.06. The zero-order valence-corrected chi connectivity index (χ0v) is 16.9. The van der Waals surface area contributed by atoms with Gasteiger partial charge in [-0.25, -0.2) is 4.68 Å². The topological polar surface area (TPSA) is 36.3 Å². The van der Waals surface area contributed by atoms with Crippen molar-refractivity contribution in [2.24, 2.45) is 0 Å². The second kappa shape index (κ2) is 12.2. The molecule has 1 rings (SSSR count). The standard InChI is InChI=1S/C21H29ClN2O2/c1-6-9-18(20(25-5)11-8-3)16-26-21-14-15-24(23-21)17(4)12-13-19(22)10-7-2/h9-15H,4,6-8,16H2,1-3,5H3/b13-12-,18-9-,19-10+,20-11+. The first-order chi connectivity index (χ1) is 12.5. The van der Waals surface area contributed by atoms with Crippen LogP contribution in [0, 0.1) is 0 Å². The van der Waals surface area contributed by atoms with Crippen LogP contribution in [0.5, 0.6) is 5.88 Å². The predicted molar refractivity (Wildman–Crippen MR) is 110 cm³/mol. The van der Waals surface area contributed by atoms with Crippen LogP contribution < -0.4 is 4.74 Å². The van der Waals surface area contributed by atoms with Crippen LogP contribution in [0.1, 0.15) is 40.0 Å². The SMILES string of the molecule is C=C(/C=C\C(Cl)=C/CC)n1ccc(OCC(=C/CC)/C(=C\CC)OC)n1. The quantitative estimate of drug-likeness (QED) is 0.346. The Balaban J connectivity index is 2.76. The molecule has 0 fully saturated rings. The highest BCUT2D eigenvalue weighted by Crippen LogP contribution is 2.17. The molecule has 0 saturated carbocycles. The molecule has 0 unspecified atom stereocenters. The summed E-state index contributed by atoms with van der Waals surface area (Å²) >= 11 is 6.06. The molecule has 0 N–H and O–H groups in total. The molecule has 4 nitrogen and oxygen atoms in total. The molecule has 5 heteroatoms. The molecule has 1 aromatic rings. The summed E-state index contributed by atoms with van der Waals surface area (Å²) in [6.45, 7) is 10.6. The first-order valence-electron chi connectivity index (χ1n) is 8.90. The lowest BCUT2D eigenvalue weighted by Crippen LogP contribution is -2.06. The Morgan fingerprint density at radius 1 is 1.15 bits per heavy atom. The summed E-state index contributed by atoms with van der Waals surface area (Å²) in [5.74, 6) is 1.38. The van der Waals surface area contributed by atoms with Crippen molar-refractivity contribution in [1.82, 2.24) is 9.78 Å². The van der Waals surface area contributed by atoms with Gasteiger partial charge in [0.05, 0.1) is 12.8 Å². The minimum atomic E-state index is 0.401. The largest absolute Gasteiger partial charge is 0.497 e. The van der Waals surface area contributed by atoms with E-state index in [1.165, 1.54) is 0 Å². The van der Waals surface area contributed by atoms with Gasteiger partial charge in [-0.05, 0) is 37.5 Å². The van der Waals surface area contributed by atoms with Crippen molar-refractivity contribution < 1.29 is 9.47 Å². The zero-order valence-electron chi connectivity index (χ0n) is 16.2. The summed E-state index contributed by atoms with van der Waals surface area (Å²) in [6, 6.07) is 1.81. The number of nitrogens with zero attached hydrogens (tertiary/aromatic N) is 2. The lowest BCUT2D eigenvalue weighted by Gasteiger charge is -2.11. The van der Waals surface area contributed by atoms with Gasteiger partial charge in [0.25, 0.3) is 0 Å². The molecule has 0 radical (unpaired) electrons. The zero-order chi connectivity index (χ0) is 19.4. The maximum Gasteiger partial charge on any atom is 0.233 e. The Hall–Kier alpha value is -2.20. The number of allylic oxidation sites excluding steroid dienone is 7. The van der Waals surface area contributed by atoms with E-state index in [1.54, 1.807) is 17.9 Å². The average molecular weight is 377 g/mol. The van der Waals surface area contributed by atoms with Gasteiger partial charge in [-0.3, -0.25) is 0 Å². The van der Waals surface area contributed by atoms with Gasteiger partial charge in [0.2, 0.25) is 5.88 Å². The summed E-state index contributed by atoms with van der Waals surface area (Å²) in [7, 11) is 1.67. The fourth-order valence-corrected chi connectivity index (χ4v) is 2.44. The molecular formula is C21H29ClN2O2. The van der Waals surface area contributed by atoms with Gasteiger partial charge in [0, 0.05) is 22.9 Å². The lowest BCUT2D eigenvalue weighted by atomic mass is 10.1. The van der Waals surface area contributed by atoms with E-state index in [-0.39, 0.29) is 0 Å². The lowest BCUT2D eigenvalue weighted by molar-refractivity contribution is 0.274. The van der Waals surface area contributed by atoms with Gasteiger partial charge in [0.1, 0.15) is 12.4 Å². The van der Waals surface area contributed by atoms with E-state index in [9.17, 15) is 0 Å². The molecule has 142 valence electrons. The smallest absolute Gasteiger partial charge is 0.233 e. The Morgan fingerprint density at radius 2 is 1.85 bits per heavy atom. The highest BCUT2D eigenvalue weighted by molar-refractivity contribution is 6.31. The third-order valence-electron chi connectivity index (χ3n) is 3.44. The van der Waals surface area contributed by atoms with E-state index < -0.39 is 0 Å². The average Bonchev–Trinajstić information content (AvgIpc) is 3.10. The number of methoxy groups -OCH3 is 1. The second-order valence-electron chi connectivity index (χ2n) is 5.53. The third-order valence-corrected chi connectivity index (χ3v) is 3.73. The maximum atomic E-state index is 6.06. The third kappa shape index (κ3) is 7.36. The molecule has 0 bridgehead atoms. The number of halogens is 1. The Morgan fingerprint density at radius 3 is 2.46 bits per heavy atom. The summed E-state index contributed by atoms with van der Waals surface area (Å²) in [5, 5.41) is 5.07. The summed E-state index contributed by atoms with van der Waals surface area (Å²) in [6.07, 6.45) is 14.2. The van der Waals surface area contributed by atoms with E-state index in [0.717, 1.165) is 30.6 Å². The Labute approximate surface area is 162 Å². The Bertz CT molecular complexity index is 697. The highest BCUT2D eigenvalue weighted by Gasteiger charge is 2.08. The fourth-order valence-electron chi connectivity index (χ4n) is 2.22. The monoisotopic (exact) mass is 376 g/mol. The van der Waals surface area contributed by atoms with E-state index in [1.807, 2.05) is 37.4 Å². The van der Waals surface area contributed by atoms with Crippen LogP contribution in [0.4, 0.5) is 0 Å². The summed E-state index contributed by atoms with van der Waals surface area (Å²) < 4.78 is 12.9. The van der Waals surface area contributed by atoms with E-state index in [2.05, 4.69) is 31.6 Å². The molecule has 1 heterocycles. The van der Waals surface area contributed by atoms with Gasteiger partial charge >= 0.3 is 0 Å². The predicted octanol–water partition coefficient (Wildman–Crippen LogP) is 6.10.